The molecule has 1 N–H and O–H groups in total. The quantitative estimate of drug-likeness (QED) is 0.769. The Labute approximate surface area is 108 Å². The standard InChI is InChI=1S/C15H31NO/c1-12-6-7-14(10-13(12)2)16-11-15(3,4)8-9-17-5/h12-14,16H,6-11H2,1-5H3. The molecule has 0 spiro atoms. The molecule has 1 fully saturated rings. The third kappa shape index (κ3) is 5.39. The van der Waals surface area contributed by atoms with E-state index in [9.17, 15) is 0 Å². The zero-order valence-electron chi connectivity index (χ0n) is 12.4. The lowest BCUT2D eigenvalue weighted by Gasteiger charge is -2.35. The fourth-order valence-electron chi connectivity index (χ4n) is 2.62. The summed E-state index contributed by atoms with van der Waals surface area (Å²) in [5.41, 5.74) is 0.350. The van der Waals surface area contributed by atoms with Crippen LogP contribution in [0.1, 0.15) is 53.4 Å². The first kappa shape index (κ1) is 15.0. The molecule has 0 aromatic rings. The van der Waals surface area contributed by atoms with Gasteiger partial charge in [-0.1, -0.05) is 27.7 Å². The fourth-order valence-corrected chi connectivity index (χ4v) is 2.62. The maximum atomic E-state index is 5.17. The van der Waals surface area contributed by atoms with Crippen LogP contribution in [0, 0.1) is 17.3 Å². The Bertz CT molecular complexity index is 215. The third-order valence-electron chi connectivity index (χ3n) is 4.45. The van der Waals surface area contributed by atoms with Gasteiger partial charge in [0.1, 0.15) is 0 Å². The van der Waals surface area contributed by atoms with E-state index in [1.807, 2.05) is 0 Å². The van der Waals surface area contributed by atoms with E-state index >= 15 is 0 Å². The molecule has 17 heavy (non-hydrogen) atoms. The second kappa shape index (κ2) is 6.75. The predicted molar refractivity (Wildman–Crippen MR) is 74.2 cm³/mol. The van der Waals surface area contributed by atoms with Gasteiger partial charge in [0.15, 0.2) is 0 Å². The number of hydrogen-bond donors (Lipinski definition) is 1. The molecule has 0 aliphatic heterocycles. The van der Waals surface area contributed by atoms with E-state index in [1.54, 1.807) is 7.11 Å². The molecule has 0 radical (unpaired) electrons. The zero-order chi connectivity index (χ0) is 12.9. The van der Waals surface area contributed by atoms with Crippen LogP contribution in [0.5, 0.6) is 0 Å². The highest BCUT2D eigenvalue weighted by molar-refractivity contribution is 4.82. The highest BCUT2D eigenvalue weighted by atomic mass is 16.5. The second-order valence-electron chi connectivity index (χ2n) is 6.75. The molecular weight excluding hydrogens is 210 g/mol. The second-order valence-corrected chi connectivity index (χ2v) is 6.75. The molecule has 1 saturated carbocycles. The Balaban J connectivity index is 2.26. The molecule has 0 bridgehead atoms. The van der Waals surface area contributed by atoms with E-state index in [0.717, 1.165) is 37.5 Å². The molecular formula is C15H31NO. The van der Waals surface area contributed by atoms with E-state index in [2.05, 4.69) is 33.0 Å². The lowest BCUT2D eigenvalue weighted by molar-refractivity contribution is 0.143. The minimum Gasteiger partial charge on any atom is -0.385 e. The molecule has 0 amide bonds. The van der Waals surface area contributed by atoms with Crippen LogP contribution >= 0.6 is 0 Å². The molecule has 0 heterocycles. The van der Waals surface area contributed by atoms with Crippen molar-refractivity contribution < 1.29 is 4.74 Å². The minimum atomic E-state index is 0.350. The van der Waals surface area contributed by atoms with Gasteiger partial charge in [0.2, 0.25) is 0 Å². The molecule has 0 aromatic heterocycles. The third-order valence-corrected chi connectivity index (χ3v) is 4.45. The van der Waals surface area contributed by atoms with Crippen molar-refractivity contribution in [1.29, 1.82) is 0 Å². The Morgan fingerprint density at radius 1 is 1.18 bits per heavy atom. The molecule has 0 aromatic carbocycles. The summed E-state index contributed by atoms with van der Waals surface area (Å²) in [5, 5.41) is 3.77. The number of nitrogens with one attached hydrogen (secondary N) is 1. The first-order valence-corrected chi connectivity index (χ1v) is 7.17. The van der Waals surface area contributed by atoms with Gasteiger partial charge in [-0.25, -0.2) is 0 Å². The van der Waals surface area contributed by atoms with Crippen molar-refractivity contribution in [3.8, 4) is 0 Å². The van der Waals surface area contributed by atoms with Crippen molar-refractivity contribution >= 4 is 0 Å². The van der Waals surface area contributed by atoms with Crippen molar-refractivity contribution in [2.24, 2.45) is 17.3 Å². The van der Waals surface area contributed by atoms with Crippen LogP contribution in [0.3, 0.4) is 0 Å². The summed E-state index contributed by atoms with van der Waals surface area (Å²) in [6, 6.07) is 0.739. The smallest absolute Gasteiger partial charge is 0.0467 e. The fraction of sp³-hybridized carbons (Fsp3) is 1.00. The van der Waals surface area contributed by atoms with E-state index in [-0.39, 0.29) is 0 Å². The van der Waals surface area contributed by atoms with Crippen LogP contribution in [-0.2, 0) is 4.74 Å². The summed E-state index contributed by atoms with van der Waals surface area (Å²) in [6.45, 7) is 11.4. The van der Waals surface area contributed by atoms with Gasteiger partial charge in [0, 0.05) is 26.3 Å². The van der Waals surface area contributed by atoms with E-state index < -0.39 is 0 Å². The predicted octanol–water partition coefficient (Wildman–Crippen LogP) is 3.46. The lowest BCUT2D eigenvalue weighted by atomic mass is 9.78. The summed E-state index contributed by atoms with van der Waals surface area (Å²) >= 11 is 0. The summed E-state index contributed by atoms with van der Waals surface area (Å²) in [6.07, 6.45) is 5.22. The summed E-state index contributed by atoms with van der Waals surface area (Å²) in [7, 11) is 1.79. The van der Waals surface area contributed by atoms with Crippen molar-refractivity contribution in [2.75, 3.05) is 20.3 Å². The summed E-state index contributed by atoms with van der Waals surface area (Å²) in [5.74, 6) is 1.79. The molecule has 1 aliphatic carbocycles. The molecule has 2 nitrogen and oxygen atoms in total. The monoisotopic (exact) mass is 241 g/mol. The number of rotatable bonds is 6. The van der Waals surface area contributed by atoms with Crippen LogP contribution in [0.4, 0.5) is 0 Å². The van der Waals surface area contributed by atoms with Crippen LogP contribution < -0.4 is 5.32 Å². The van der Waals surface area contributed by atoms with Crippen molar-refractivity contribution in [1.82, 2.24) is 5.32 Å². The summed E-state index contributed by atoms with van der Waals surface area (Å²) in [4.78, 5) is 0. The minimum absolute atomic E-state index is 0.350. The van der Waals surface area contributed by atoms with E-state index in [0.29, 0.717) is 5.41 Å². The molecule has 0 saturated heterocycles. The number of ether oxygens (including phenoxy) is 1. The van der Waals surface area contributed by atoms with Crippen molar-refractivity contribution in [3.63, 3.8) is 0 Å². The SMILES string of the molecule is COCCC(C)(C)CNC1CCC(C)C(C)C1. The number of methoxy groups -OCH3 is 1. The van der Waals surface area contributed by atoms with E-state index in [4.69, 9.17) is 4.74 Å². The number of hydrogen-bond acceptors (Lipinski definition) is 2. The zero-order valence-corrected chi connectivity index (χ0v) is 12.4. The molecule has 2 heteroatoms. The van der Waals surface area contributed by atoms with Gasteiger partial charge in [-0.15, -0.1) is 0 Å². The van der Waals surface area contributed by atoms with Gasteiger partial charge in [-0.2, -0.15) is 0 Å². The van der Waals surface area contributed by atoms with Crippen molar-refractivity contribution in [2.45, 2.75) is 59.4 Å². The first-order valence-electron chi connectivity index (χ1n) is 7.17. The van der Waals surface area contributed by atoms with Gasteiger partial charge >= 0.3 is 0 Å². The normalized spacial score (nSPS) is 30.5. The largest absolute Gasteiger partial charge is 0.385 e. The molecule has 102 valence electrons. The highest BCUT2D eigenvalue weighted by Gasteiger charge is 2.26. The highest BCUT2D eigenvalue weighted by Crippen LogP contribution is 2.30. The van der Waals surface area contributed by atoms with E-state index in [1.165, 1.54) is 19.3 Å². The molecule has 1 aliphatic rings. The topological polar surface area (TPSA) is 21.3 Å². The average Bonchev–Trinajstić information content (AvgIpc) is 2.28. The van der Waals surface area contributed by atoms with Crippen molar-refractivity contribution in [3.05, 3.63) is 0 Å². The van der Waals surface area contributed by atoms with Crippen LogP contribution in [-0.4, -0.2) is 26.3 Å². The molecule has 1 rings (SSSR count). The van der Waals surface area contributed by atoms with Gasteiger partial charge in [0.25, 0.3) is 0 Å². The molecule has 3 unspecified atom stereocenters. The Hall–Kier alpha value is -0.0800. The Morgan fingerprint density at radius 3 is 2.47 bits per heavy atom. The van der Waals surface area contributed by atoms with Crippen LogP contribution in [0.25, 0.3) is 0 Å². The molecule has 3 atom stereocenters. The Kier molecular flexibility index (Phi) is 5.94. The van der Waals surface area contributed by atoms with Crippen LogP contribution in [0.2, 0.25) is 0 Å². The summed E-state index contributed by atoms with van der Waals surface area (Å²) < 4.78 is 5.17. The Morgan fingerprint density at radius 2 is 1.88 bits per heavy atom. The maximum absolute atomic E-state index is 5.17. The lowest BCUT2D eigenvalue weighted by Crippen LogP contribution is -2.41. The first-order chi connectivity index (χ1) is 7.94. The van der Waals surface area contributed by atoms with Gasteiger partial charge in [0.05, 0.1) is 0 Å². The average molecular weight is 241 g/mol. The van der Waals surface area contributed by atoms with Gasteiger partial charge in [-0.3, -0.25) is 0 Å². The maximum Gasteiger partial charge on any atom is 0.0467 e. The van der Waals surface area contributed by atoms with Gasteiger partial charge < -0.3 is 10.1 Å². The van der Waals surface area contributed by atoms with Gasteiger partial charge in [-0.05, 0) is 42.9 Å². The van der Waals surface area contributed by atoms with Crippen LogP contribution in [0.15, 0.2) is 0 Å².